The van der Waals surface area contributed by atoms with Gasteiger partial charge in [-0.3, -0.25) is 4.79 Å². The van der Waals surface area contributed by atoms with Crippen LogP contribution in [0.4, 0.5) is 5.69 Å². The van der Waals surface area contributed by atoms with Crippen LogP contribution in [0.5, 0.6) is 5.75 Å². The van der Waals surface area contributed by atoms with E-state index in [9.17, 15) is 4.79 Å². The van der Waals surface area contributed by atoms with Gasteiger partial charge in [0.2, 0.25) is 5.91 Å². The van der Waals surface area contributed by atoms with E-state index in [1.165, 1.54) is 5.69 Å². The van der Waals surface area contributed by atoms with E-state index in [0.29, 0.717) is 11.8 Å². The molecule has 2 atom stereocenters. The Bertz CT molecular complexity index is 555. The molecule has 2 saturated heterocycles. The van der Waals surface area contributed by atoms with Crippen molar-refractivity contribution in [3.8, 4) is 5.75 Å². The molecule has 0 bridgehead atoms. The third kappa shape index (κ3) is 5.40. The van der Waals surface area contributed by atoms with Crippen LogP contribution in [0.15, 0.2) is 24.3 Å². The average molecular weight is 390 g/mol. The number of halogens is 2. The van der Waals surface area contributed by atoms with E-state index >= 15 is 0 Å². The third-order valence-electron chi connectivity index (χ3n) is 5.20. The molecule has 7 heteroatoms. The van der Waals surface area contributed by atoms with Crippen molar-refractivity contribution >= 4 is 36.4 Å². The summed E-state index contributed by atoms with van der Waals surface area (Å²) >= 11 is 0. The molecule has 142 valence electrons. The van der Waals surface area contributed by atoms with Gasteiger partial charge >= 0.3 is 0 Å². The average Bonchev–Trinajstić information content (AvgIpc) is 3.00. The van der Waals surface area contributed by atoms with Crippen LogP contribution in [0, 0.1) is 17.8 Å². The second-order valence-electron chi connectivity index (χ2n) is 6.75. The number of nitrogens with zero attached hydrogens (tertiary/aromatic N) is 1. The van der Waals surface area contributed by atoms with Crippen molar-refractivity contribution in [3.05, 3.63) is 24.3 Å². The highest BCUT2D eigenvalue weighted by molar-refractivity contribution is 5.85. The van der Waals surface area contributed by atoms with Crippen molar-refractivity contribution in [1.82, 2.24) is 10.6 Å². The monoisotopic (exact) mass is 389 g/mol. The number of methoxy groups -OCH3 is 1. The number of hydrogen-bond acceptors (Lipinski definition) is 4. The molecule has 3 rings (SSSR count). The number of carbonyl (C=O) groups excluding carboxylic acids is 1. The highest BCUT2D eigenvalue weighted by Gasteiger charge is 2.29. The summed E-state index contributed by atoms with van der Waals surface area (Å²) in [6, 6.07) is 8.19. The molecule has 5 nitrogen and oxygen atoms in total. The van der Waals surface area contributed by atoms with Crippen LogP contribution >= 0.6 is 24.8 Å². The summed E-state index contributed by atoms with van der Waals surface area (Å²) in [5.41, 5.74) is 1.20. The molecule has 0 aromatic heterocycles. The molecule has 0 saturated carbocycles. The quantitative estimate of drug-likeness (QED) is 0.783. The minimum Gasteiger partial charge on any atom is -0.497 e. The molecule has 0 spiro atoms. The van der Waals surface area contributed by atoms with E-state index in [1.54, 1.807) is 7.11 Å². The summed E-state index contributed by atoms with van der Waals surface area (Å²) in [6.07, 6.45) is 1.12. The summed E-state index contributed by atoms with van der Waals surface area (Å²) in [5, 5.41) is 6.38. The molecule has 25 heavy (non-hydrogen) atoms. The molecular formula is C18H29Cl2N3O2. The van der Waals surface area contributed by atoms with E-state index < -0.39 is 0 Å². The molecule has 2 heterocycles. The first-order valence-corrected chi connectivity index (χ1v) is 8.55. The highest BCUT2D eigenvalue weighted by Crippen LogP contribution is 2.26. The molecular weight excluding hydrogens is 361 g/mol. The van der Waals surface area contributed by atoms with Crippen molar-refractivity contribution < 1.29 is 9.53 Å². The van der Waals surface area contributed by atoms with Crippen LogP contribution < -0.4 is 20.3 Å². The smallest absolute Gasteiger partial charge is 0.223 e. The second-order valence-corrected chi connectivity index (χ2v) is 6.75. The van der Waals surface area contributed by atoms with Gasteiger partial charge in [-0.05, 0) is 43.5 Å². The Morgan fingerprint density at radius 3 is 2.80 bits per heavy atom. The van der Waals surface area contributed by atoms with Crippen molar-refractivity contribution in [2.24, 2.45) is 17.8 Å². The van der Waals surface area contributed by atoms with Crippen molar-refractivity contribution in [2.45, 2.75) is 13.3 Å². The van der Waals surface area contributed by atoms with E-state index in [2.05, 4.69) is 27.7 Å². The van der Waals surface area contributed by atoms with E-state index in [-0.39, 0.29) is 36.6 Å². The fourth-order valence-electron chi connectivity index (χ4n) is 3.33. The number of benzene rings is 1. The van der Waals surface area contributed by atoms with Gasteiger partial charge in [0.05, 0.1) is 7.11 Å². The normalized spacial score (nSPS) is 20.7. The number of anilines is 1. The van der Waals surface area contributed by atoms with Crippen LogP contribution in [-0.4, -0.2) is 45.7 Å². The molecule has 2 N–H and O–H groups in total. The Morgan fingerprint density at radius 1 is 1.40 bits per heavy atom. The lowest BCUT2D eigenvalue weighted by molar-refractivity contribution is -0.126. The number of ether oxygens (including phenoxy) is 1. The second kappa shape index (κ2) is 10.1. The summed E-state index contributed by atoms with van der Waals surface area (Å²) < 4.78 is 5.30. The topological polar surface area (TPSA) is 53.6 Å². The standard InChI is InChI=1S/C18H27N3O2.2ClH/c1-13(15-10-19-11-15)18(22)20-9-14-6-7-21(12-14)16-4-3-5-17(8-16)23-2;;/h3-5,8,13-15,19H,6-7,9-12H2,1-2H3,(H,20,22);2*1H. The maximum absolute atomic E-state index is 12.2. The fourth-order valence-corrected chi connectivity index (χ4v) is 3.33. The molecule has 2 aliphatic rings. The maximum atomic E-state index is 12.2. The minimum absolute atomic E-state index is 0. The maximum Gasteiger partial charge on any atom is 0.223 e. The van der Waals surface area contributed by atoms with Gasteiger partial charge in [-0.1, -0.05) is 13.0 Å². The Hall–Kier alpha value is -1.17. The van der Waals surface area contributed by atoms with Gasteiger partial charge in [0, 0.05) is 37.3 Å². The van der Waals surface area contributed by atoms with Gasteiger partial charge < -0.3 is 20.3 Å². The Morgan fingerprint density at radius 2 is 2.16 bits per heavy atom. The van der Waals surface area contributed by atoms with Gasteiger partial charge in [-0.25, -0.2) is 0 Å². The number of hydrogen-bond donors (Lipinski definition) is 2. The summed E-state index contributed by atoms with van der Waals surface area (Å²) in [6.45, 7) is 6.80. The molecule has 1 amide bonds. The van der Waals surface area contributed by atoms with E-state index in [1.807, 2.05) is 19.1 Å². The zero-order valence-corrected chi connectivity index (χ0v) is 16.5. The van der Waals surface area contributed by atoms with Gasteiger partial charge in [0.1, 0.15) is 5.75 Å². The number of carbonyl (C=O) groups is 1. The van der Waals surface area contributed by atoms with Gasteiger partial charge in [0.25, 0.3) is 0 Å². The number of rotatable bonds is 6. The number of amides is 1. The first-order valence-electron chi connectivity index (χ1n) is 8.55. The van der Waals surface area contributed by atoms with Crippen LogP contribution in [0.25, 0.3) is 0 Å². The SMILES string of the molecule is COc1cccc(N2CCC(CNC(=O)C(C)C3CNC3)C2)c1.Cl.Cl. The van der Waals surface area contributed by atoms with E-state index in [4.69, 9.17) is 4.74 Å². The highest BCUT2D eigenvalue weighted by atomic mass is 35.5. The predicted molar refractivity (Wildman–Crippen MR) is 106 cm³/mol. The van der Waals surface area contributed by atoms with Crippen LogP contribution in [0.3, 0.4) is 0 Å². The Kier molecular flexibility index (Phi) is 8.83. The molecule has 2 aliphatic heterocycles. The van der Waals surface area contributed by atoms with Crippen molar-refractivity contribution in [3.63, 3.8) is 0 Å². The van der Waals surface area contributed by atoms with Crippen molar-refractivity contribution in [2.75, 3.05) is 44.7 Å². The molecule has 0 aliphatic carbocycles. The lowest BCUT2D eigenvalue weighted by Crippen LogP contribution is -2.50. The predicted octanol–water partition coefficient (Wildman–Crippen LogP) is 2.34. The molecule has 0 radical (unpaired) electrons. The summed E-state index contributed by atoms with van der Waals surface area (Å²) in [4.78, 5) is 14.6. The minimum atomic E-state index is 0. The zero-order chi connectivity index (χ0) is 16.2. The summed E-state index contributed by atoms with van der Waals surface area (Å²) in [5.74, 6) is 2.24. The first-order chi connectivity index (χ1) is 11.2. The molecule has 2 unspecified atom stereocenters. The zero-order valence-electron chi connectivity index (χ0n) is 14.9. The van der Waals surface area contributed by atoms with E-state index in [0.717, 1.165) is 44.9 Å². The third-order valence-corrected chi connectivity index (χ3v) is 5.20. The Balaban J connectivity index is 0.00000156. The van der Waals surface area contributed by atoms with Crippen molar-refractivity contribution in [1.29, 1.82) is 0 Å². The Labute approximate surface area is 162 Å². The van der Waals surface area contributed by atoms with Crippen LogP contribution in [-0.2, 0) is 4.79 Å². The van der Waals surface area contributed by atoms with Gasteiger partial charge in [-0.2, -0.15) is 0 Å². The largest absolute Gasteiger partial charge is 0.497 e. The fraction of sp³-hybridized carbons (Fsp3) is 0.611. The lowest BCUT2D eigenvalue weighted by Gasteiger charge is -2.32. The van der Waals surface area contributed by atoms with Gasteiger partial charge in [-0.15, -0.1) is 24.8 Å². The lowest BCUT2D eigenvalue weighted by atomic mass is 9.88. The molecule has 1 aromatic carbocycles. The number of nitrogens with one attached hydrogen (secondary N) is 2. The molecule has 1 aromatic rings. The molecule has 2 fully saturated rings. The van der Waals surface area contributed by atoms with Crippen LogP contribution in [0.1, 0.15) is 13.3 Å². The first kappa shape index (κ1) is 21.9. The van der Waals surface area contributed by atoms with Gasteiger partial charge in [0.15, 0.2) is 0 Å². The summed E-state index contributed by atoms with van der Waals surface area (Å²) in [7, 11) is 1.69. The van der Waals surface area contributed by atoms with Crippen LogP contribution in [0.2, 0.25) is 0 Å².